The molecule has 0 atom stereocenters. The molecule has 0 aliphatic carbocycles. The van der Waals surface area contributed by atoms with E-state index < -0.39 is 10.0 Å². The minimum absolute atomic E-state index is 0.126. The van der Waals surface area contributed by atoms with Gasteiger partial charge in [-0.25, -0.2) is 8.42 Å². The maximum absolute atomic E-state index is 12.3. The van der Waals surface area contributed by atoms with E-state index in [1.54, 1.807) is 7.05 Å². The molecule has 1 aromatic heterocycles. The van der Waals surface area contributed by atoms with Crippen molar-refractivity contribution in [1.82, 2.24) is 14.1 Å². The Bertz CT molecular complexity index is 456. The summed E-state index contributed by atoms with van der Waals surface area (Å²) in [7, 11) is -1.86. The van der Waals surface area contributed by atoms with E-state index in [-0.39, 0.29) is 18.0 Å². The highest BCUT2D eigenvalue weighted by atomic mass is 32.2. The Kier molecular flexibility index (Phi) is 5.77. The lowest BCUT2D eigenvalue weighted by atomic mass is 10.2. The lowest BCUT2D eigenvalue weighted by molar-refractivity contribution is 0.252. The van der Waals surface area contributed by atoms with Crippen LogP contribution in [0.2, 0.25) is 0 Å². The molecule has 7 heteroatoms. The molecule has 0 spiro atoms. The monoisotopic (exact) mass is 275 g/mol. The summed E-state index contributed by atoms with van der Waals surface area (Å²) in [6, 6.07) is 0. The molecule has 0 unspecified atom stereocenters. The molecule has 104 valence electrons. The zero-order chi connectivity index (χ0) is 13.6. The molecular weight excluding hydrogens is 254 g/mol. The lowest BCUT2D eigenvalue weighted by Crippen LogP contribution is -2.34. The average Bonchev–Trinajstić information content (AvgIpc) is 2.75. The van der Waals surface area contributed by atoms with Crippen molar-refractivity contribution >= 4 is 10.0 Å². The van der Waals surface area contributed by atoms with Crippen molar-refractivity contribution in [2.75, 3.05) is 19.7 Å². The van der Waals surface area contributed by atoms with Gasteiger partial charge in [-0.1, -0.05) is 19.8 Å². The zero-order valence-electron chi connectivity index (χ0n) is 10.9. The third-order valence-corrected chi connectivity index (χ3v) is 4.53. The Hall–Kier alpha value is -0.920. The van der Waals surface area contributed by atoms with Crippen LogP contribution in [0.1, 0.15) is 26.2 Å². The molecule has 0 aliphatic rings. The summed E-state index contributed by atoms with van der Waals surface area (Å²) in [6.07, 6.45) is 5.61. The second-order valence-electron chi connectivity index (χ2n) is 4.18. The number of sulfonamides is 1. The van der Waals surface area contributed by atoms with Crippen LogP contribution >= 0.6 is 0 Å². The van der Waals surface area contributed by atoms with Crippen LogP contribution in [0.4, 0.5) is 0 Å². The van der Waals surface area contributed by atoms with Gasteiger partial charge in [0.05, 0.1) is 12.8 Å². The van der Waals surface area contributed by atoms with Crippen LogP contribution in [-0.4, -0.2) is 47.3 Å². The number of aromatic nitrogens is 2. The van der Waals surface area contributed by atoms with Gasteiger partial charge in [0, 0.05) is 26.3 Å². The number of hydrogen-bond donors (Lipinski definition) is 1. The minimum Gasteiger partial charge on any atom is -0.395 e. The van der Waals surface area contributed by atoms with E-state index in [0.717, 1.165) is 19.3 Å². The highest BCUT2D eigenvalue weighted by Gasteiger charge is 2.24. The van der Waals surface area contributed by atoms with E-state index in [4.69, 9.17) is 5.11 Å². The maximum Gasteiger partial charge on any atom is 0.246 e. The summed E-state index contributed by atoms with van der Waals surface area (Å²) >= 11 is 0. The smallest absolute Gasteiger partial charge is 0.246 e. The molecule has 0 aromatic carbocycles. The van der Waals surface area contributed by atoms with Crippen molar-refractivity contribution in [3.05, 3.63) is 12.4 Å². The Morgan fingerprint density at radius 3 is 2.61 bits per heavy atom. The van der Waals surface area contributed by atoms with E-state index in [2.05, 4.69) is 12.0 Å². The number of unbranched alkanes of at least 4 members (excludes halogenated alkanes) is 2. The van der Waals surface area contributed by atoms with Crippen LogP contribution in [-0.2, 0) is 17.1 Å². The van der Waals surface area contributed by atoms with Gasteiger partial charge >= 0.3 is 0 Å². The molecule has 1 heterocycles. The van der Waals surface area contributed by atoms with E-state index in [1.807, 2.05) is 0 Å². The molecule has 6 nitrogen and oxygen atoms in total. The van der Waals surface area contributed by atoms with Crippen LogP contribution in [0.25, 0.3) is 0 Å². The van der Waals surface area contributed by atoms with Gasteiger partial charge in [-0.2, -0.15) is 9.40 Å². The molecule has 0 bridgehead atoms. The molecule has 0 radical (unpaired) electrons. The Morgan fingerprint density at radius 1 is 1.39 bits per heavy atom. The van der Waals surface area contributed by atoms with Gasteiger partial charge in [-0.05, 0) is 6.42 Å². The first-order valence-corrected chi connectivity index (χ1v) is 7.56. The van der Waals surface area contributed by atoms with Gasteiger partial charge in [-0.3, -0.25) is 4.68 Å². The van der Waals surface area contributed by atoms with E-state index in [0.29, 0.717) is 6.54 Å². The first kappa shape index (κ1) is 15.1. The third-order valence-electron chi connectivity index (χ3n) is 2.68. The first-order chi connectivity index (χ1) is 8.52. The van der Waals surface area contributed by atoms with Gasteiger partial charge in [-0.15, -0.1) is 0 Å². The fourth-order valence-electron chi connectivity index (χ4n) is 1.68. The predicted molar refractivity (Wildman–Crippen MR) is 68.6 cm³/mol. The van der Waals surface area contributed by atoms with Crippen LogP contribution in [0.15, 0.2) is 17.3 Å². The fourth-order valence-corrected chi connectivity index (χ4v) is 3.14. The zero-order valence-corrected chi connectivity index (χ0v) is 11.7. The number of hydrogen-bond acceptors (Lipinski definition) is 4. The normalized spacial score (nSPS) is 12.2. The van der Waals surface area contributed by atoms with Crippen molar-refractivity contribution in [2.24, 2.45) is 7.05 Å². The number of aryl methyl sites for hydroxylation is 1. The van der Waals surface area contributed by atoms with Crippen molar-refractivity contribution in [3.63, 3.8) is 0 Å². The topological polar surface area (TPSA) is 75.4 Å². The molecule has 0 fully saturated rings. The summed E-state index contributed by atoms with van der Waals surface area (Å²) in [5.41, 5.74) is 0. The first-order valence-electron chi connectivity index (χ1n) is 6.12. The highest BCUT2D eigenvalue weighted by molar-refractivity contribution is 7.89. The largest absolute Gasteiger partial charge is 0.395 e. The van der Waals surface area contributed by atoms with Crippen LogP contribution < -0.4 is 0 Å². The van der Waals surface area contributed by atoms with Crippen molar-refractivity contribution in [2.45, 2.75) is 31.1 Å². The van der Waals surface area contributed by atoms with Crippen molar-refractivity contribution < 1.29 is 13.5 Å². The molecule has 1 aromatic rings. The van der Waals surface area contributed by atoms with Crippen molar-refractivity contribution in [3.8, 4) is 0 Å². The summed E-state index contributed by atoms with van der Waals surface area (Å²) in [5, 5.41) is 12.9. The molecule has 0 aliphatic heterocycles. The summed E-state index contributed by atoms with van der Waals surface area (Å²) < 4.78 is 27.4. The second kappa shape index (κ2) is 6.86. The highest BCUT2D eigenvalue weighted by Crippen LogP contribution is 2.15. The third kappa shape index (κ3) is 3.79. The second-order valence-corrected chi connectivity index (χ2v) is 6.12. The average molecular weight is 275 g/mol. The van der Waals surface area contributed by atoms with Crippen molar-refractivity contribution in [1.29, 1.82) is 0 Å². The van der Waals surface area contributed by atoms with Gasteiger partial charge < -0.3 is 5.11 Å². The van der Waals surface area contributed by atoms with E-state index in [9.17, 15) is 8.42 Å². The molecule has 0 saturated carbocycles. The van der Waals surface area contributed by atoms with Crippen LogP contribution in [0.3, 0.4) is 0 Å². The van der Waals surface area contributed by atoms with Gasteiger partial charge in [0.1, 0.15) is 4.90 Å². The maximum atomic E-state index is 12.3. The summed E-state index contributed by atoms with van der Waals surface area (Å²) in [5.74, 6) is 0. The molecule has 1 N–H and O–H groups in total. The quantitative estimate of drug-likeness (QED) is 0.705. The Balaban J connectivity index is 2.83. The molecule has 1 rings (SSSR count). The fraction of sp³-hybridized carbons (Fsp3) is 0.727. The van der Waals surface area contributed by atoms with Gasteiger partial charge in [0.25, 0.3) is 0 Å². The molecular formula is C11H21N3O3S. The number of aliphatic hydroxyl groups excluding tert-OH is 1. The summed E-state index contributed by atoms with van der Waals surface area (Å²) in [6.45, 7) is 2.45. The van der Waals surface area contributed by atoms with E-state index >= 15 is 0 Å². The van der Waals surface area contributed by atoms with E-state index in [1.165, 1.54) is 21.4 Å². The molecule has 0 saturated heterocycles. The SMILES string of the molecule is CCCCCN(CCO)S(=O)(=O)c1cnn(C)c1. The van der Waals surface area contributed by atoms with Gasteiger partial charge in [0.15, 0.2) is 0 Å². The Morgan fingerprint density at radius 2 is 2.11 bits per heavy atom. The standard InChI is InChI=1S/C11H21N3O3S/c1-3-4-5-6-14(7-8-15)18(16,17)11-9-12-13(2)10-11/h9-10,15H,3-8H2,1-2H3. The lowest BCUT2D eigenvalue weighted by Gasteiger charge is -2.20. The van der Waals surface area contributed by atoms with Crippen LogP contribution in [0.5, 0.6) is 0 Å². The minimum atomic E-state index is -3.53. The number of nitrogens with zero attached hydrogens (tertiary/aromatic N) is 3. The molecule has 0 amide bonds. The molecule has 18 heavy (non-hydrogen) atoms. The van der Waals surface area contributed by atoms with Gasteiger partial charge in [0.2, 0.25) is 10.0 Å². The number of aliphatic hydroxyl groups is 1. The predicted octanol–water partition coefficient (Wildman–Crippen LogP) is 0.593. The number of rotatable bonds is 8. The summed E-state index contributed by atoms with van der Waals surface area (Å²) in [4.78, 5) is 0.176. The Labute approximate surface area is 108 Å². The van der Waals surface area contributed by atoms with Crippen LogP contribution in [0, 0.1) is 0 Å².